The fraction of sp³-hybridized carbons (Fsp3) is 0.280. The number of hydrogen-bond donors (Lipinski definition) is 2. The first-order valence-electron chi connectivity index (χ1n) is 10.5. The summed E-state index contributed by atoms with van der Waals surface area (Å²) in [4.78, 5) is 27.6. The topological polar surface area (TPSA) is 74.6 Å². The second-order valence-corrected chi connectivity index (χ2v) is 7.40. The van der Waals surface area contributed by atoms with Crippen molar-refractivity contribution in [2.24, 2.45) is 0 Å². The summed E-state index contributed by atoms with van der Waals surface area (Å²) >= 11 is 0. The molecule has 0 spiro atoms. The Hall–Kier alpha value is -3.54. The maximum Gasteiger partial charge on any atom is 0.287 e. The zero-order chi connectivity index (χ0) is 22.1. The fourth-order valence-corrected chi connectivity index (χ4v) is 3.43. The summed E-state index contributed by atoms with van der Waals surface area (Å²) in [5.74, 6) is -0.442. The van der Waals surface area contributed by atoms with E-state index in [2.05, 4.69) is 47.6 Å². The Morgan fingerprint density at radius 3 is 2.52 bits per heavy atom. The highest BCUT2D eigenvalue weighted by Crippen LogP contribution is 2.15. The molecule has 0 saturated heterocycles. The molecule has 6 nitrogen and oxygen atoms in total. The normalized spacial score (nSPS) is 11.5. The molecular formula is C25H29N3O3. The molecule has 0 fully saturated rings. The van der Waals surface area contributed by atoms with Crippen molar-refractivity contribution in [3.8, 4) is 0 Å². The van der Waals surface area contributed by atoms with Gasteiger partial charge in [-0.05, 0) is 49.2 Å². The Balaban J connectivity index is 1.62. The minimum atomic E-state index is -0.700. The lowest BCUT2D eigenvalue weighted by molar-refractivity contribution is -0.122. The van der Waals surface area contributed by atoms with E-state index in [4.69, 9.17) is 4.42 Å². The molecule has 1 unspecified atom stereocenters. The van der Waals surface area contributed by atoms with Crippen molar-refractivity contribution in [3.63, 3.8) is 0 Å². The molecule has 1 heterocycles. The molecule has 1 aromatic heterocycles. The van der Waals surface area contributed by atoms with Crippen LogP contribution in [0.1, 0.15) is 28.6 Å². The number of furan rings is 1. The third-order valence-corrected chi connectivity index (χ3v) is 5.08. The van der Waals surface area contributed by atoms with Gasteiger partial charge in [0.25, 0.3) is 5.91 Å². The third-order valence-electron chi connectivity index (χ3n) is 5.08. The van der Waals surface area contributed by atoms with Crippen LogP contribution < -0.4 is 15.5 Å². The van der Waals surface area contributed by atoms with E-state index in [1.165, 1.54) is 11.8 Å². The molecule has 2 aromatic carbocycles. The van der Waals surface area contributed by atoms with Crippen LogP contribution in [0.25, 0.3) is 0 Å². The van der Waals surface area contributed by atoms with E-state index < -0.39 is 11.9 Å². The standard InChI is InChI=1S/C25H29N3O3/c1-3-28(21-12-7-9-19(2)17-21)15-14-26-24(29)22(18-20-10-5-4-6-11-20)27-25(30)23-13-8-16-31-23/h4-13,16-17,22H,3,14-15,18H2,1-2H3,(H,26,29)(H,27,30). The van der Waals surface area contributed by atoms with Crippen LogP contribution in [0.3, 0.4) is 0 Å². The number of hydrogen-bond acceptors (Lipinski definition) is 4. The molecule has 3 rings (SSSR count). The summed E-state index contributed by atoms with van der Waals surface area (Å²) < 4.78 is 5.16. The van der Waals surface area contributed by atoms with Gasteiger partial charge in [-0.3, -0.25) is 9.59 Å². The molecule has 2 amide bonds. The molecule has 162 valence electrons. The highest BCUT2D eigenvalue weighted by Gasteiger charge is 2.23. The SMILES string of the molecule is CCN(CCNC(=O)C(Cc1ccccc1)NC(=O)c1ccco1)c1cccc(C)c1. The molecule has 0 aliphatic heterocycles. The first-order valence-corrected chi connectivity index (χ1v) is 10.5. The number of carbonyl (C=O) groups is 2. The predicted octanol–water partition coefficient (Wildman–Crippen LogP) is 3.57. The summed E-state index contributed by atoms with van der Waals surface area (Å²) in [7, 11) is 0. The minimum Gasteiger partial charge on any atom is -0.459 e. The van der Waals surface area contributed by atoms with Gasteiger partial charge in [0.2, 0.25) is 5.91 Å². The molecule has 0 radical (unpaired) electrons. The van der Waals surface area contributed by atoms with Crippen molar-refractivity contribution in [2.75, 3.05) is 24.5 Å². The summed E-state index contributed by atoms with van der Waals surface area (Å²) in [5, 5.41) is 5.78. The number of anilines is 1. The maximum absolute atomic E-state index is 12.9. The second-order valence-electron chi connectivity index (χ2n) is 7.40. The summed E-state index contributed by atoms with van der Waals surface area (Å²) in [6, 6.07) is 20.5. The summed E-state index contributed by atoms with van der Waals surface area (Å²) in [6.45, 7) is 6.14. The van der Waals surface area contributed by atoms with E-state index in [1.807, 2.05) is 36.4 Å². The van der Waals surface area contributed by atoms with E-state index in [9.17, 15) is 9.59 Å². The Morgan fingerprint density at radius 2 is 1.84 bits per heavy atom. The number of nitrogens with one attached hydrogen (secondary N) is 2. The van der Waals surface area contributed by atoms with E-state index in [1.54, 1.807) is 12.1 Å². The highest BCUT2D eigenvalue weighted by atomic mass is 16.3. The average molecular weight is 420 g/mol. The lowest BCUT2D eigenvalue weighted by atomic mass is 10.1. The van der Waals surface area contributed by atoms with E-state index >= 15 is 0 Å². The number of rotatable bonds is 10. The molecule has 0 saturated carbocycles. The van der Waals surface area contributed by atoms with Crippen LogP contribution >= 0.6 is 0 Å². The number of aryl methyl sites for hydroxylation is 1. The van der Waals surface area contributed by atoms with Gasteiger partial charge >= 0.3 is 0 Å². The molecular weight excluding hydrogens is 390 g/mol. The Bertz CT molecular complexity index is 971. The lowest BCUT2D eigenvalue weighted by Crippen LogP contribution is -2.49. The van der Waals surface area contributed by atoms with E-state index in [0.717, 1.165) is 17.8 Å². The zero-order valence-electron chi connectivity index (χ0n) is 18.0. The van der Waals surface area contributed by atoms with Crippen LogP contribution in [0, 0.1) is 6.92 Å². The van der Waals surface area contributed by atoms with Crippen molar-refractivity contribution < 1.29 is 14.0 Å². The zero-order valence-corrected chi connectivity index (χ0v) is 18.0. The molecule has 31 heavy (non-hydrogen) atoms. The van der Waals surface area contributed by atoms with E-state index in [-0.39, 0.29) is 11.7 Å². The summed E-state index contributed by atoms with van der Waals surface area (Å²) in [6.07, 6.45) is 1.83. The Morgan fingerprint density at radius 1 is 1.03 bits per heavy atom. The van der Waals surface area contributed by atoms with Gasteiger partial charge in [-0.15, -0.1) is 0 Å². The van der Waals surface area contributed by atoms with Gasteiger partial charge in [0.15, 0.2) is 5.76 Å². The van der Waals surface area contributed by atoms with Crippen LogP contribution in [0.2, 0.25) is 0 Å². The second kappa shape index (κ2) is 11.0. The molecule has 3 aromatic rings. The highest BCUT2D eigenvalue weighted by molar-refractivity contribution is 5.95. The van der Waals surface area contributed by atoms with Gasteiger partial charge in [-0.2, -0.15) is 0 Å². The van der Waals surface area contributed by atoms with Gasteiger partial charge in [0.1, 0.15) is 6.04 Å². The van der Waals surface area contributed by atoms with E-state index in [0.29, 0.717) is 19.5 Å². The number of amides is 2. The smallest absolute Gasteiger partial charge is 0.287 e. The quantitative estimate of drug-likeness (QED) is 0.527. The number of nitrogens with zero attached hydrogens (tertiary/aromatic N) is 1. The van der Waals surface area contributed by atoms with Crippen molar-refractivity contribution in [1.29, 1.82) is 0 Å². The number of carbonyl (C=O) groups excluding carboxylic acids is 2. The van der Waals surface area contributed by atoms with Gasteiger partial charge in [-0.25, -0.2) is 0 Å². The van der Waals surface area contributed by atoms with Gasteiger partial charge < -0.3 is 20.0 Å². The fourth-order valence-electron chi connectivity index (χ4n) is 3.43. The van der Waals surface area contributed by atoms with Crippen LogP contribution in [0.15, 0.2) is 77.4 Å². The first kappa shape index (κ1) is 22.2. The molecule has 0 aliphatic rings. The molecule has 1 atom stereocenters. The third kappa shape index (κ3) is 6.47. The van der Waals surface area contributed by atoms with Gasteiger partial charge in [0, 0.05) is 31.7 Å². The van der Waals surface area contributed by atoms with Crippen molar-refractivity contribution >= 4 is 17.5 Å². The van der Waals surface area contributed by atoms with Crippen LogP contribution in [0.4, 0.5) is 5.69 Å². The van der Waals surface area contributed by atoms with Crippen LogP contribution in [0.5, 0.6) is 0 Å². The number of likely N-dealkylation sites (N-methyl/N-ethyl adjacent to an activating group) is 1. The molecule has 2 N–H and O–H groups in total. The lowest BCUT2D eigenvalue weighted by Gasteiger charge is -2.24. The monoisotopic (exact) mass is 419 g/mol. The molecule has 0 bridgehead atoms. The minimum absolute atomic E-state index is 0.183. The Labute approximate surface area is 183 Å². The van der Waals surface area contributed by atoms with Crippen molar-refractivity contribution in [2.45, 2.75) is 26.3 Å². The Kier molecular flexibility index (Phi) is 7.87. The maximum atomic E-state index is 12.9. The summed E-state index contributed by atoms with van der Waals surface area (Å²) in [5.41, 5.74) is 3.30. The van der Waals surface area contributed by atoms with Crippen LogP contribution in [-0.4, -0.2) is 37.5 Å². The van der Waals surface area contributed by atoms with Crippen molar-refractivity contribution in [1.82, 2.24) is 10.6 Å². The number of benzene rings is 2. The average Bonchev–Trinajstić information content (AvgIpc) is 3.32. The molecule has 0 aliphatic carbocycles. The largest absolute Gasteiger partial charge is 0.459 e. The van der Waals surface area contributed by atoms with Crippen molar-refractivity contribution in [3.05, 3.63) is 89.9 Å². The van der Waals surface area contributed by atoms with Crippen LogP contribution in [-0.2, 0) is 11.2 Å². The van der Waals surface area contributed by atoms with Gasteiger partial charge in [-0.1, -0.05) is 42.5 Å². The predicted molar refractivity (Wildman–Crippen MR) is 122 cm³/mol. The first-order chi connectivity index (χ1) is 15.1. The van der Waals surface area contributed by atoms with Gasteiger partial charge in [0.05, 0.1) is 6.26 Å². The molecule has 6 heteroatoms.